The summed E-state index contributed by atoms with van der Waals surface area (Å²) in [6.45, 7) is 7.94. The van der Waals surface area contributed by atoms with Gasteiger partial charge in [-0.15, -0.1) is 9.88 Å². The fourth-order valence-electron chi connectivity index (χ4n) is 1.96. The van der Waals surface area contributed by atoms with Gasteiger partial charge in [-0.3, -0.25) is 0 Å². The molecule has 0 amide bonds. The van der Waals surface area contributed by atoms with Gasteiger partial charge in [0.15, 0.2) is 11.8 Å². The van der Waals surface area contributed by atoms with Crippen molar-refractivity contribution < 1.29 is 4.74 Å². The Bertz CT molecular complexity index is 490. The van der Waals surface area contributed by atoms with Crippen molar-refractivity contribution in [3.63, 3.8) is 0 Å². The maximum Gasteiger partial charge on any atom is 0.306 e. The first kappa shape index (κ1) is 18.1. The van der Waals surface area contributed by atoms with Crippen molar-refractivity contribution in [3.05, 3.63) is 29.8 Å². The molecule has 0 bridgehead atoms. The third-order valence-electron chi connectivity index (χ3n) is 3.55. The molecular formula is C16H26N2OPS+. The third-order valence-corrected chi connectivity index (χ3v) is 5.18. The normalized spacial score (nSPS) is 14.8. The van der Waals surface area contributed by atoms with E-state index < -0.39 is 6.85 Å². The molecule has 1 aromatic rings. The predicted octanol–water partition coefficient (Wildman–Crippen LogP) is 4.79. The van der Waals surface area contributed by atoms with E-state index in [1.54, 1.807) is 0 Å². The first-order valence-electron chi connectivity index (χ1n) is 7.37. The summed E-state index contributed by atoms with van der Waals surface area (Å²) in [5, 5.41) is 4.34. The number of hydrazone groups is 1. The Morgan fingerprint density at radius 1 is 1.33 bits per heavy atom. The van der Waals surface area contributed by atoms with Gasteiger partial charge in [-0.1, -0.05) is 20.3 Å². The van der Waals surface area contributed by atoms with Crippen LogP contribution in [0.3, 0.4) is 0 Å². The molecule has 0 spiro atoms. The Kier molecular flexibility index (Phi) is 7.27. The molecule has 0 radical (unpaired) electrons. The summed E-state index contributed by atoms with van der Waals surface area (Å²) >= 11 is 5.19. The van der Waals surface area contributed by atoms with Crippen LogP contribution in [-0.2, 0) is 11.8 Å². The molecule has 3 nitrogen and oxygen atoms in total. The lowest BCUT2D eigenvalue weighted by molar-refractivity contribution is 0.0741. The summed E-state index contributed by atoms with van der Waals surface area (Å²) in [7, 11) is 1.91. The van der Waals surface area contributed by atoms with Crippen molar-refractivity contribution in [1.29, 1.82) is 0 Å². The molecule has 0 aliphatic rings. The van der Waals surface area contributed by atoms with Crippen LogP contribution in [0, 0.1) is 0 Å². The lowest BCUT2D eigenvalue weighted by Crippen LogP contribution is -2.31. The van der Waals surface area contributed by atoms with Gasteiger partial charge in [0.05, 0.1) is 13.3 Å². The largest absolute Gasteiger partial charge is 0.488 e. The summed E-state index contributed by atoms with van der Waals surface area (Å²) in [5.41, 5.74) is 0.972. The second-order valence-corrected chi connectivity index (χ2v) is 8.52. The SMILES string of the molecule is CCCC(C)(CC)Oc1ccc(/C=N/N(C)[P+](C)=S)cc1. The van der Waals surface area contributed by atoms with Gasteiger partial charge >= 0.3 is 6.85 Å². The summed E-state index contributed by atoms with van der Waals surface area (Å²) in [6, 6.07) is 8.06. The Balaban J connectivity index is 2.72. The lowest BCUT2D eigenvalue weighted by atomic mass is 9.97. The van der Waals surface area contributed by atoms with E-state index in [2.05, 4.69) is 25.9 Å². The van der Waals surface area contributed by atoms with Crippen LogP contribution in [0.25, 0.3) is 0 Å². The molecule has 21 heavy (non-hydrogen) atoms. The van der Waals surface area contributed by atoms with Gasteiger partial charge in [-0.05, 0) is 49.6 Å². The Morgan fingerprint density at radius 3 is 2.43 bits per heavy atom. The molecule has 1 rings (SSSR count). The molecule has 1 aromatic carbocycles. The average Bonchev–Trinajstić information content (AvgIpc) is 2.46. The molecule has 0 aliphatic heterocycles. The van der Waals surface area contributed by atoms with E-state index in [1.807, 2.05) is 49.0 Å². The first-order valence-corrected chi connectivity index (χ1v) is 10.1. The van der Waals surface area contributed by atoms with Crippen molar-refractivity contribution in [2.45, 2.75) is 45.6 Å². The maximum absolute atomic E-state index is 6.14. The van der Waals surface area contributed by atoms with Gasteiger partial charge in [-0.2, -0.15) is 0 Å². The quantitative estimate of drug-likeness (QED) is 0.390. The van der Waals surface area contributed by atoms with E-state index >= 15 is 0 Å². The number of rotatable bonds is 8. The third kappa shape index (κ3) is 6.11. The average molecular weight is 325 g/mol. The molecule has 0 fully saturated rings. The number of ether oxygens (including phenoxy) is 1. The minimum absolute atomic E-state index is 0.0784. The summed E-state index contributed by atoms with van der Waals surface area (Å²) in [5.74, 6) is 0.916. The molecule has 0 N–H and O–H groups in total. The predicted molar refractivity (Wildman–Crippen MR) is 96.2 cm³/mol. The van der Waals surface area contributed by atoms with Crippen LogP contribution in [0.5, 0.6) is 5.75 Å². The molecule has 0 saturated heterocycles. The molecule has 0 aromatic heterocycles. The van der Waals surface area contributed by atoms with E-state index in [0.717, 1.165) is 30.6 Å². The molecule has 2 unspecified atom stereocenters. The van der Waals surface area contributed by atoms with E-state index in [4.69, 9.17) is 16.5 Å². The first-order chi connectivity index (χ1) is 9.90. The molecule has 5 heteroatoms. The second kappa shape index (κ2) is 8.45. The Morgan fingerprint density at radius 2 is 1.95 bits per heavy atom. The summed E-state index contributed by atoms with van der Waals surface area (Å²) < 4.78 is 7.97. The van der Waals surface area contributed by atoms with Crippen LogP contribution >= 0.6 is 6.85 Å². The highest BCUT2D eigenvalue weighted by Crippen LogP contribution is 2.25. The molecule has 0 heterocycles. The van der Waals surface area contributed by atoms with Crippen LogP contribution in [0.2, 0.25) is 0 Å². The number of benzene rings is 1. The van der Waals surface area contributed by atoms with Crippen LogP contribution in [0.4, 0.5) is 0 Å². The van der Waals surface area contributed by atoms with Crippen molar-refractivity contribution in [2.24, 2.45) is 5.10 Å². The van der Waals surface area contributed by atoms with E-state index in [1.165, 1.54) is 0 Å². The molecule has 0 saturated carbocycles. The molecular weight excluding hydrogens is 299 g/mol. The highest BCUT2D eigenvalue weighted by atomic mass is 32.4. The van der Waals surface area contributed by atoms with Crippen LogP contribution in [0.15, 0.2) is 29.4 Å². The van der Waals surface area contributed by atoms with Gasteiger partial charge in [0.25, 0.3) is 0 Å². The van der Waals surface area contributed by atoms with Crippen LogP contribution < -0.4 is 4.74 Å². The van der Waals surface area contributed by atoms with E-state index in [9.17, 15) is 0 Å². The molecule has 2 atom stereocenters. The van der Waals surface area contributed by atoms with Crippen molar-refractivity contribution in [1.82, 2.24) is 4.78 Å². The van der Waals surface area contributed by atoms with Gasteiger partial charge in [0.1, 0.15) is 18.0 Å². The lowest BCUT2D eigenvalue weighted by Gasteiger charge is -2.29. The standard InChI is InChI=1S/C16H26N2OPS/c1-6-12-16(3,7-2)19-15-10-8-14(9-11-15)13-17-18(4)20(5)21/h8-11,13H,6-7,12H2,1-5H3/q+1/b17-13+. The zero-order valence-corrected chi connectivity index (χ0v) is 15.4. The minimum Gasteiger partial charge on any atom is -0.488 e. The molecule has 0 aliphatic carbocycles. The van der Waals surface area contributed by atoms with Crippen LogP contribution in [0.1, 0.15) is 45.6 Å². The summed E-state index contributed by atoms with van der Waals surface area (Å²) in [6.07, 6.45) is 5.03. The monoisotopic (exact) mass is 325 g/mol. The Labute approximate surface area is 134 Å². The fraction of sp³-hybridized carbons (Fsp3) is 0.562. The van der Waals surface area contributed by atoms with E-state index in [0.29, 0.717) is 0 Å². The van der Waals surface area contributed by atoms with Gasteiger partial charge in [0.2, 0.25) is 0 Å². The highest BCUT2D eigenvalue weighted by Gasteiger charge is 2.22. The molecule has 116 valence electrons. The second-order valence-electron chi connectivity index (χ2n) is 5.42. The van der Waals surface area contributed by atoms with Gasteiger partial charge in [0, 0.05) is 0 Å². The zero-order chi connectivity index (χ0) is 15.9. The number of hydrogen-bond donors (Lipinski definition) is 0. The summed E-state index contributed by atoms with van der Waals surface area (Å²) in [4.78, 5) is 0. The Hall–Kier alpha value is -0.990. The highest BCUT2D eigenvalue weighted by molar-refractivity contribution is 8.03. The van der Waals surface area contributed by atoms with Crippen molar-refractivity contribution >= 4 is 24.9 Å². The fourth-order valence-corrected chi connectivity index (χ4v) is 2.28. The minimum atomic E-state index is -0.595. The zero-order valence-electron chi connectivity index (χ0n) is 13.7. The van der Waals surface area contributed by atoms with Gasteiger partial charge in [-0.25, -0.2) is 0 Å². The van der Waals surface area contributed by atoms with Crippen molar-refractivity contribution in [3.8, 4) is 5.75 Å². The number of nitrogens with zero attached hydrogens (tertiary/aromatic N) is 2. The van der Waals surface area contributed by atoms with Crippen LogP contribution in [-0.4, -0.2) is 30.3 Å². The van der Waals surface area contributed by atoms with E-state index in [-0.39, 0.29) is 5.60 Å². The topological polar surface area (TPSA) is 24.8 Å². The number of hydrogen-bond acceptors (Lipinski definition) is 3. The smallest absolute Gasteiger partial charge is 0.306 e. The van der Waals surface area contributed by atoms with Gasteiger partial charge < -0.3 is 4.74 Å². The van der Waals surface area contributed by atoms with Crippen molar-refractivity contribution in [2.75, 3.05) is 13.7 Å². The maximum atomic E-state index is 6.14.